The first-order valence-electron chi connectivity index (χ1n) is 6.71. The van der Waals surface area contributed by atoms with E-state index in [0.29, 0.717) is 6.21 Å². The van der Waals surface area contributed by atoms with Crippen LogP contribution in [0.3, 0.4) is 0 Å². The lowest BCUT2D eigenvalue weighted by molar-refractivity contribution is -0.141. The van der Waals surface area contributed by atoms with Crippen LogP contribution >= 0.6 is 0 Å². The number of hydrogen-bond donors (Lipinski definition) is 4. The highest BCUT2D eigenvalue weighted by Crippen LogP contribution is 1.99. The molecule has 1 unspecified atom stereocenters. The zero-order chi connectivity index (χ0) is 17.8. The molecule has 0 aromatic carbocycles. The number of nitrogens with one attached hydrogen (secondary N) is 4. The molecule has 0 bridgehead atoms. The number of rotatable bonds is 10. The molecular formula is C13H20N4O6. The van der Waals surface area contributed by atoms with Crippen molar-refractivity contribution in [1.29, 1.82) is 5.41 Å². The van der Waals surface area contributed by atoms with Gasteiger partial charge >= 0.3 is 5.97 Å². The summed E-state index contributed by atoms with van der Waals surface area (Å²) in [6.07, 6.45) is 0.440. The Morgan fingerprint density at radius 3 is 2.30 bits per heavy atom. The minimum atomic E-state index is -1.08. The Kier molecular flexibility index (Phi) is 9.56. The highest BCUT2D eigenvalue weighted by Gasteiger charge is 2.22. The van der Waals surface area contributed by atoms with Gasteiger partial charge in [-0.15, -0.1) is 0 Å². The third-order valence-corrected chi connectivity index (χ3v) is 2.62. The van der Waals surface area contributed by atoms with Gasteiger partial charge in [0.05, 0.1) is 19.9 Å². The van der Waals surface area contributed by atoms with Crippen molar-refractivity contribution < 1.29 is 28.7 Å². The summed E-state index contributed by atoms with van der Waals surface area (Å²) in [4.78, 5) is 56.5. The second-order valence-electron chi connectivity index (χ2n) is 4.47. The largest absolute Gasteiger partial charge is 0.468 e. The number of hydrogen-bond acceptors (Lipinski definition) is 7. The van der Waals surface area contributed by atoms with Crippen molar-refractivity contribution in [2.45, 2.75) is 25.8 Å². The van der Waals surface area contributed by atoms with Gasteiger partial charge in [0.25, 0.3) is 0 Å². The second kappa shape index (κ2) is 10.9. The number of esters is 1. The maximum absolute atomic E-state index is 11.9. The maximum atomic E-state index is 11.9. The minimum Gasteiger partial charge on any atom is -0.468 e. The van der Waals surface area contributed by atoms with Gasteiger partial charge in [-0.05, 0) is 6.42 Å². The molecule has 0 spiro atoms. The lowest BCUT2D eigenvalue weighted by atomic mass is 10.1. The average Bonchev–Trinajstić information content (AvgIpc) is 2.53. The predicted octanol–water partition coefficient (Wildman–Crippen LogP) is -2.10. The summed E-state index contributed by atoms with van der Waals surface area (Å²) >= 11 is 0. The van der Waals surface area contributed by atoms with E-state index in [9.17, 15) is 24.0 Å². The Labute approximate surface area is 132 Å². The maximum Gasteiger partial charge on any atom is 0.325 e. The third kappa shape index (κ3) is 9.72. The molecule has 128 valence electrons. The summed E-state index contributed by atoms with van der Waals surface area (Å²) in [5.74, 6) is -2.89. The van der Waals surface area contributed by atoms with E-state index >= 15 is 0 Å². The fraction of sp³-hybridized carbons (Fsp3) is 0.538. The third-order valence-electron chi connectivity index (χ3n) is 2.62. The zero-order valence-corrected chi connectivity index (χ0v) is 12.9. The Morgan fingerprint density at radius 1 is 1.13 bits per heavy atom. The molecule has 1 atom stereocenters. The first kappa shape index (κ1) is 20.2. The van der Waals surface area contributed by atoms with Gasteiger partial charge in [0.15, 0.2) is 5.78 Å². The van der Waals surface area contributed by atoms with Crippen molar-refractivity contribution in [3.8, 4) is 0 Å². The van der Waals surface area contributed by atoms with Crippen molar-refractivity contribution in [3.05, 3.63) is 0 Å². The van der Waals surface area contributed by atoms with Gasteiger partial charge in [-0.2, -0.15) is 0 Å². The van der Waals surface area contributed by atoms with E-state index in [4.69, 9.17) is 5.41 Å². The summed E-state index contributed by atoms with van der Waals surface area (Å²) in [7, 11) is 1.16. The number of amides is 3. The molecule has 0 aliphatic rings. The quantitative estimate of drug-likeness (QED) is 0.266. The summed E-state index contributed by atoms with van der Waals surface area (Å²) in [6, 6.07) is -1.08. The van der Waals surface area contributed by atoms with Crippen molar-refractivity contribution in [2.75, 3.05) is 20.2 Å². The molecule has 10 heteroatoms. The molecule has 0 fully saturated rings. The van der Waals surface area contributed by atoms with E-state index in [2.05, 4.69) is 20.7 Å². The summed E-state index contributed by atoms with van der Waals surface area (Å²) in [5.41, 5.74) is 0. The molecule has 0 saturated carbocycles. The molecule has 0 rings (SSSR count). The number of ketones is 1. The van der Waals surface area contributed by atoms with E-state index < -0.39 is 35.5 Å². The number of methoxy groups -OCH3 is 1. The van der Waals surface area contributed by atoms with E-state index in [-0.39, 0.29) is 25.9 Å². The molecule has 3 amide bonds. The van der Waals surface area contributed by atoms with Crippen LogP contribution in [-0.2, 0) is 28.7 Å². The molecule has 23 heavy (non-hydrogen) atoms. The topological polar surface area (TPSA) is 155 Å². The fourth-order valence-corrected chi connectivity index (χ4v) is 1.43. The smallest absolute Gasteiger partial charge is 0.325 e. The van der Waals surface area contributed by atoms with Gasteiger partial charge in [0, 0.05) is 13.3 Å². The van der Waals surface area contributed by atoms with Gasteiger partial charge in [0.1, 0.15) is 12.6 Å². The lowest BCUT2D eigenvalue weighted by Crippen LogP contribution is -2.50. The fourth-order valence-electron chi connectivity index (χ4n) is 1.43. The van der Waals surface area contributed by atoms with Crippen LogP contribution in [0.4, 0.5) is 0 Å². The molecule has 0 aromatic heterocycles. The Bertz CT molecular complexity index is 491. The second-order valence-corrected chi connectivity index (χ2v) is 4.47. The van der Waals surface area contributed by atoms with Crippen LogP contribution < -0.4 is 16.0 Å². The average molecular weight is 328 g/mol. The van der Waals surface area contributed by atoms with Crippen molar-refractivity contribution in [2.24, 2.45) is 0 Å². The molecule has 4 N–H and O–H groups in total. The van der Waals surface area contributed by atoms with Crippen LogP contribution in [0.25, 0.3) is 0 Å². The molecule has 0 heterocycles. The molecule has 0 radical (unpaired) electrons. The molecule has 0 aliphatic carbocycles. The Balaban J connectivity index is 4.65. The first-order valence-corrected chi connectivity index (χ1v) is 6.71. The standard InChI is InChI=1S/C13H20N4O6/c1-8(18)15-6-11(20)17-10(4-3-9(19)5-14)13(22)16-7-12(21)23-2/h5,10,14H,3-4,6-7H2,1-2H3,(H,15,18)(H,16,22)(H,17,20). The van der Waals surface area contributed by atoms with Crippen molar-refractivity contribution in [3.63, 3.8) is 0 Å². The monoisotopic (exact) mass is 328 g/mol. The normalized spacial score (nSPS) is 10.9. The molecule has 0 aromatic rings. The van der Waals surface area contributed by atoms with Gasteiger partial charge < -0.3 is 26.1 Å². The van der Waals surface area contributed by atoms with Crippen molar-refractivity contribution >= 4 is 35.7 Å². The van der Waals surface area contributed by atoms with Crippen LogP contribution in [0.1, 0.15) is 19.8 Å². The molecule has 0 aliphatic heterocycles. The summed E-state index contributed by atoms with van der Waals surface area (Å²) in [5, 5.41) is 13.7. The van der Waals surface area contributed by atoms with Gasteiger partial charge in [-0.3, -0.25) is 24.0 Å². The van der Waals surface area contributed by atoms with Gasteiger partial charge in [-0.1, -0.05) is 0 Å². The van der Waals surface area contributed by atoms with Crippen LogP contribution in [0, 0.1) is 5.41 Å². The van der Waals surface area contributed by atoms with Gasteiger partial charge in [-0.25, -0.2) is 0 Å². The minimum absolute atomic E-state index is 0.0486. The molecule has 0 saturated heterocycles. The predicted molar refractivity (Wildman–Crippen MR) is 78.7 cm³/mol. The Hall–Kier alpha value is -2.78. The van der Waals surface area contributed by atoms with E-state index in [1.54, 1.807) is 0 Å². The summed E-state index contributed by atoms with van der Waals surface area (Å²) in [6.45, 7) is 0.525. The van der Waals surface area contributed by atoms with Gasteiger partial charge in [0.2, 0.25) is 17.7 Å². The molecule has 10 nitrogen and oxygen atoms in total. The number of carbonyl (C=O) groups is 5. The number of Topliss-reactive ketones (excluding diaryl/α,β-unsaturated/α-hetero) is 1. The van der Waals surface area contributed by atoms with Crippen LogP contribution in [0.2, 0.25) is 0 Å². The van der Waals surface area contributed by atoms with E-state index in [1.165, 1.54) is 6.92 Å². The lowest BCUT2D eigenvalue weighted by Gasteiger charge is -2.17. The molecular weight excluding hydrogens is 308 g/mol. The van der Waals surface area contributed by atoms with Crippen LogP contribution in [-0.4, -0.2) is 61.9 Å². The highest BCUT2D eigenvalue weighted by atomic mass is 16.5. The number of ether oxygens (including phenoxy) is 1. The van der Waals surface area contributed by atoms with Crippen LogP contribution in [0.15, 0.2) is 0 Å². The first-order chi connectivity index (χ1) is 10.8. The SMILES string of the molecule is COC(=O)CNC(=O)C(CCC(=O)C=N)NC(=O)CNC(C)=O. The van der Waals surface area contributed by atoms with E-state index in [0.717, 1.165) is 7.11 Å². The summed E-state index contributed by atoms with van der Waals surface area (Å²) < 4.78 is 4.37. The highest BCUT2D eigenvalue weighted by molar-refractivity contribution is 6.26. The van der Waals surface area contributed by atoms with Crippen LogP contribution in [0.5, 0.6) is 0 Å². The van der Waals surface area contributed by atoms with E-state index in [1.807, 2.05) is 0 Å². The Morgan fingerprint density at radius 2 is 1.78 bits per heavy atom. The van der Waals surface area contributed by atoms with Crippen molar-refractivity contribution in [1.82, 2.24) is 16.0 Å². The zero-order valence-electron chi connectivity index (χ0n) is 12.9. The number of carbonyl (C=O) groups excluding carboxylic acids is 5.